The monoisotopic (exact) mass is 697 g/mol. The van der Waals surface area contributed by atoms with E-state index in [9.17, 15) is 14.0 Å². The summed E-state index contributed by atoms with van der Waals surface area (Å²) in [6.07, 6.45) is 4.85. The van der Waals surface area contributed by atoms with Crippen molar-refractivity contribution in [3.63, 3.8) is 0 Å². The molecule has 4 saturated heterocycles. The maximum absolute atomic E-state index is 13.6. The Morgan fingerprint density at radius 3 is 2.65 bits per heavy atom. The molecule has 8 rings (SSSR count). The molecule has 1 saturated carbocycles. The number of anilines is 2. The highest BCUT2D eigenvalue weighted by Crippen LogP contribution is 2.60. The number of unbranched alkanes of at least 4 members (excludes halogenated alkanes) is 1. The van der Waals surface area contributed by atoms with E-state index in [4.69, 9.17) is 40.3 Å². The largest absolute Gasteiger partial charge is 0.461 e. The second-order valence-electron chi connectivity index (χ2n) is 14.0. The van der Waals surface area contributed by atoms with Gasteiger partial charge in [-0.05, 0) is 86.8 Å². The second-order valence-corrected chi connectivity index (χ2v) is 14.4. The molecule has 8 atom stereocenters. The molecule has 1 aromatic heterocycles. The molecule has 5 fully saturated rings. The Hall–Kier alpha value is -3.42. The molecule has 1 N–H and O–H groups in total. The summed E-state index contributed by atoms with van der Waals surface area (Å²) in [5.41, 5.74) is 1.29. The number of aromatic nitrogens is 2. The number of rotatable bonds is 10. The number of carbonyl (C=O) groups is 2. The quantitative estimate of drug-likeness (QED) is 0.128. The number of hydrogen-bond acceptors (Lipinski definition) is 11. The summed E-state index contributed by atoms with van der Waals surface area (Å²) in [5.74, 6) is -1.02. The molecule has 0 unspecified atom stereocenters. The molecule has 1 aliphatic carbocycles. The number of nitrogens with zero attached hydrogens (tertiary/aromatic N) is 2. The van der Waals surface area contributed by atoms with E-state index in [0.717, 1.165) is 24.8 Å². The molecule has 13 heteroatoms. The van der Waals surface area contributed by atoms with E-state index in [2.05, 4.69) is 22.2 Å². The summed E-state index contributed by atoms with van der Waals surface area (Å²) in [6.45, 7) is 6.22. The van der Waals surface area contributed by atoms with Crippen molar-refractivity contribution in [2.75, 3.05) is 5.32 Å². The highest BCUT2D eigenvalue weighted by atomic mass is 35.5. The summed E-state index contributed by atoms with van der Waals surface area (Å²) in [4.78, 5) is 46.1. The van der Waals surface area contributed by atoms with Crippen LogP contribution in [0.1, 0.15) is 77.7 Å². The van der Waals surface area contributed by atoms with Crippen LogP contribution in [0.4, 0.5) is 15.9 Å². The van der Waals surface area contributed by atoms with Crippen molar-refractivity contribution in [2.24, 2.45) is 23.7 Å². The van der Waals surface area contributed by atoms with E-state index in [-0.39, 0.29) is 54.2 Å². The van der Waals surface area contributed by atoms with Gasteiger partial charge in [-0.3, -0.25) is 9.59 Å². The first kappa shape index (κ1) is 34.0. The van der Waals surface area contributed by atoms with Crippen LogP contribution in [0.2, 0.25) is 5.02 Å². The van der Waals surface area contributed by atoms with Gasteiger partial charge in [-0.2, -0.15) is 0 Å². The lowest BCUT2D eigenvalue weighted by Crippen LogP contribution is -2.70. The fourth-order valence-electron chi connectivity index (χ4n) is 7.97. The molecule has 3 aromatic rings. The van der Waals surface area contributed by atoms with Crippen molar-refractivity contribution in [1.82, 2.24) is 9.97 Å². The van der Waals surface area contributed by atoms with Crippen LogP contribution in [0.25, 0.3) is 10.9 Å². The van der Waals surface area contributed by atoms with Crippen LogP contribution in [-0.4, -0.2) is 45.9 Å². The highest BCUT2D eigenvalue weighted by Gasteiger charge is 2.69. The molecular weight excluding hydrogens is 657 g/mol. The number of fused-ring (bicyclic) bond motifs is 3. The minimum Gasteiger partial charge on any atom is -0.461 e. The molecule has 5 aliphatic rings. The van der Waals surface area contributed by atoms with E-state index in [1.54, 1.807) is 6.07 Å². The molecule has 262 valence electrons. The Morgan fingerprint density at radius 1 is 1.02 bits per heavy atom. The molecule has 2 aromatic carbocycles. The van der Waals surface area contributed by atoms with Gasteiger partial charge in [0.05, 0.1) is 10.5 Å². The van der Waals surface area contributed by atoms with Crippen molar-refractivity contribution in [3.05, 3.63) is 59.1 Å². The van der Waals surface area contributed by atoms with Crippen LogP contribution in [0.15, 0.2) is 42.7 Å². The fourth-order valence-corrected chi connectivity index (χ4v) is 8.15. The van der Waals surface area contributed by atoms with Crippen LogP contribution in [-0.2, 0) is 44.9 Å². The van der Waals surface area contributed by atoms with Crippen molar-refractivity contribution >= 4 is 45.9 Å². The Morgan fingerprint density at radius 2 is 1.84 bits per heavy atom. The lowest BCUT2D eigenvalue weighted by molar-refractivity contribution is -0.576. The average Bonchev–Trinajstić information content (AvgIpc) is 3.32. The summed E-state index contributed by atoms with van der Waals surface area (Å²) in [6, 6.07) is 9.78. The summed E-state index contributed by atoms with van der Waals surface area (Å²) in [7, 11) is 0. The molecule has 0 radical (unpaired) electrons. The van der Waals surface area contributed by atoms with Crippen molar-refractivity contribution in [2.45, 2.75) is 103 Å². The van der Waals surface area contributed by atoms with Gasteiger partial charge >= 0.3 is 11.9 Å². The van der Waals surface area contributed by atoms with Gasteiger partial charge < -0.3 is 24.3 Å². The zero-order valence-electron chi connectivity index (χ0n) is 27.8. The molecule has 1 spiro atoms. The third-order valence-electron chi connectivity index (χ3n) is 10.6. The maximum atomic E-state index is 13.6. The lowest BCUT2D eigenvalue weighted by atomic mass is 9.58. The van der Waals surface area contributed by atoms with Crippen LogP contribution >= 0.6 is 11.6 Å². The molecular formula is C36H41ClFN3O8. The zero-order valence-corrected chi connectivity index (χ0v) is 28.5. The molecule has 49 heavy (non-hydrogen) atoms. The van der Waals surface area contributed by atoms with Gasteiger partial charge in [0.2, 0.25) is 12.1 Å². The predicted molar refractivity (Wildman–Crippen MR) is 175 cm³/mol. The number of carbonyl (C=O) groups excluding carboxylic acids is 2. The Kier molecular flexibility index (Phi) is 9.53. The first-order valence-electron chi connectivity index (χ1n) is 17.1. The lowest BCUT2D eigenvalue weighted by Gasteiger charge is -2.59. The minimum atomic E-state index is -0.898. The van der Waals surface area contributed by atoms with E-state index in [0.29, 0.717) is 47.6 Å². The smallest absolute Gasteiger partial charge is 0.308 e. The van der Waals surface area contributed by atoms with E-state index in [1.807, 2.05) is 32.0 Å². The fraction of sp³-hybridized carbons (Fsp3) is 0.556. The first-order valence-corrected chi connectivity index (χ1v) is 17.4. The topological polar surface area (TPSA) is 127 Å². The van der Waals surface area contributed by atoms with Gasteiger partial charge in [0, 0.05) is 42.2 Å². The number of halogens is 2. The van der Waals surface area contributed by atoms with Gasteiger partial charge in [0.1, 0.15) is 24.6 Å². The van der Waals surface area contributed by atoms with Gasteiger partial charge in [0.25, 0.3) is 0 Å². The first-order chi connectivity index (χ1) is 23.5. The third-order valence-corrected chi connectivity index (χ3v) is 10.9. The number of esters is 2. The van der Waals surface area contributed by atoms with Crippen LogP contribution in [0, 0.1) is 29.5 Å². The average molecular weight is 698 g/mol. The summed E-state index contributed by atoms with van der Waals surface area (Å²) >= 11 is 5.92. The molecule has 2 bridgehead atoms. The van der Waals surface area contributed by atoms with Crippen LogP contribution in [0.3, 0.4) is 0 Å². The van der Waals surface area contributed by atoms with Crippen LogP contribution < -0.4 is 5.32 Å². The second kappa shape index (κ2) is 13.7. The van der Waals surface area contributed by atoms with Crippen molar-refractivity contribution in [3.8, 4) is 0 Å². The van der Waals surface area contributed by atoms with E-state index < -0.39 is 29.8 Å². The van der Waals surface area contributed by atoms with Gasteiger partial charge in [-0.25, -0.2) is 24.1 Å². The molecule has 0 amide bonds. The highest BCUT2D eigenvalue weighted by molar-refractivity contribution is 6.31. The zero-order chi connectivity index (χ0) is 34.3. The number of hydrogen-bond donors (Lipinski definition) is 1. The SMILES string of the molecule is C[C@H]1[C@H](OC(=O)CCCCC(=O)OCc2ccc3ncnc(Nc4ccc(F)c(Cl)c4)c3c2)O[C@@H]2O[C@@]3(C)CC[C@H]4[C@H](C)CC[C@@H]1[C@@]24OO3. The van der Waals surface area contributed by atoms with E-state index >= 15 is 0 Å². The van der Waals surface area contributed by atoms with Crippen molar-refractivity contribution in [1.29, 1.82) is 0 Å². The Balaban J connectivity index is 0.883. The standard InChI is InChI=1S/C36H41ClFN3O8/c1-20-8-11-26-21(2)33(46-34-36(26)25(20)14-15-35(3,47-34)48-49-36)45-31(43)7-5-4-6-30(42)44-18-22-9-13-29-24(16-22)32(40-19-39-29)41-23-10-12-28(38)27(37)17-23/h9-10,12-13,16-17,19-21,25-26,33-34H,4-8,11,14-15,18H2,1-3H3,(H,39,40,41)/t20-,21-,25+,26+,33-,34-,35-,36-/m1/s1. The number of nitrogens with one attached hydrogen (secondary N) is 1. The van der Waals surface area contributed by atoms with Crippen molar-refractivity contribution < 1.29 is 42.7 Å². The van der Waals surface area contributed by atoms with Gasteiger partial charge in [-0.1, -0.05) is 31.5 Å². The maximum Gasteiger partial charge on any atom is 0.308 e. The van der Waals surface area contributed by atoms with Gasteiger partial charge in [-0.15, -0.1) is 0 Å². The normalized spacial score (nSPS) is 31.9. The minimum absolute atomic E-state index is 0.00705. The molecule has 4 aliphatic heterocycles. The summed E-state index contributed by atoms with van der Waals surface area (Å²) in [5, 5.41) is 3.83. The van der Waals surface area contributed by atoms with Crippen LogP contribution in [0.5, 0.6) is 0 Å². The third kappa shape index (κ3) is 6.73. The molecule has 11 nitrogen and oxygen atoms in total. The Bertz CT molecular complexity index is 1730. The van der Waals surface area contributed by atoms with Gasteiger partial charge in [0.15, 0.2) is 11.9 Å². The van der Waals surface area contributed by atoms with E-state index in [1.165, 1.54) is 18.5 Å². The molecule has 5 heterocycles. The summed E-state index contributed by atoms with van der Waals surface area (Å²) < 4.78 is 37.7. The predicted octanol–water partition coefficient (Wildman–Crippen LogP) is 7.52. The number of ether oxygens (including phenoxy) is 4. The Labute approximate surface area is 289 Å². The number of benzene rings is 2.